The largest absolute Gasteiger partial charge is 0.454 e. The molecule has 3 aliphatic rings. The summed E-state index contributed by atoms with van der Waals surface area (Å²) in [5.74, 6) is -1.02. The van der Waals surface area contributed by atoms with Crippen LogP contribution in [0.4, 0.5) is 0 Å². The van der Waals surface area contributed by atoms with E-state index in [2.05, 4.69) is 12.1 Å². The highest BCUT2D eigenvalue weighted by Crippen LogP contribution is 2.51. The van der Waals surface area contributed by atoms with Gasteiger partial charge in [-0.2, -0.15) is 0 Å². The number of methoxy groups -OCH3 is 1. The van der Waals surface area contributed by atoms with Gasteiger partial charge in [-0.15, -0.1) is 0 Å². The van der Waals surface area contributed by atoms with Crippen LogP contribution < -0.4 is 9.47 Å². The molecule has 0 radical (unpaired) electrons. The fraction of sp³-hybridized carbons (Fsp3) is 0.308. The minimum atomic E-state index is -1.30. The van der Waals surface area contributed by atoms with E-state index in [4.69, 9.17) is 14.2 Å². The van der Waals surface area contributed by atoms with Crippen molar-refractivity contribution < 1.29 is 23.8 Å². The van der Waals surface area contributed by atoms with E-state index in [-0.39, 0.29) is 11.5 Å². The lowest BCUT2D eigenvalue weighted by molar-refractivity contribution is -0.143. The Morgan fingerprint density at radius 2 is 1.94 bits per heavy atom. The van der Waals surface area contributed by atoms with Gasteiger partial charge >= 0.3 is 5.97 Å². The number of ether oxygens (including phenoxy) is 3. The van der Waals surface area contributed by atoms with Gasteiger partial charge in [0, 0.05) is 12.7 Å². The maximum absolute atomic E-state index is 13.1. The van der Waals surface area contributed by atoms with E-state index in [9.17, 15) is 9.59 Å². The standard InChI is InChI=1S/C26H24O5/c1-25(2,3)24(28)30-19-12-11-17-16-9-5-7-15-8-6-10-20(21(15)16)31-26(29-4)14-13-18(27)22(19)23(17)26/h6,8-14H,5,7H2,1-4H3/t26-/m1/s1. The van der Waals surface area contributed by atoms with Crippen LogP contribution in [0.25, 0.3) is 5.57 Å². The highest BCUT2D eigenvalue weighted by molar-refractivity contribution is 6.11. The van der Waals surface area contributed by atoms with Gasteiger partial charge in [0.1, 0.15) is 11.5 Å². The van der Waals surface area contributed by atoms with Crippen molar-refractivity contribution in [2.45, 2.75) is 39.4 Å². The van der Waals surface area contributed by atoms with E-state index >= 15 is 0 Å². The zero-order valence-electron chi connectivity index (χ0n) is 18.1. The molecule has 2 aromatic carbocycles. The van der Waals surface area contributed by atoms with Gasteiger partial charge in [0.2, 0.25) is 0 Å². The van der Waals surface area contributed by atoms with E-state index in [0.29, 0.717) is 16.9 Å². The van der Waals surface area contributed by atoms with Gasteiger partial charge in [-0.3, -0.25) is 9.59 Å². The SMILES string of the molecule is CO[C@@]12C=CC(=O)c3c(OC(=O)C(C)(C)C)ccc(c31)C1=CCCc3cccc(c31)O2. The second kappa shape index (κ2) is 6.66. The Morgan fingerprint density at radius 3 is 2.68 bits per heavy atom. The molecular weight excluding hydrogens is 392 g/mol. The molecule has 0 spiro atoms. The normalized spacial score (nSPS) is 20.8. The van der Waals surface area contributed by atoms with Crippen LogP contribution in [0.5, 0.6) is 11.5 Å². The topological polar surface area (TPSA) is 61.8 Å². The van der Waals surface area contributed by atoms with Crippen LogP contribution in [0.15, 0.2) is 48.6 Å². The van der Waals surface area contributed by atoms with Gasteiger partial charge in [0.15, 0.2) is 5.78 Å². The summed E-state index contributed by atoms with van der Waals surface area (Å²) in [6, 6.07) is 9.62. The summed E-state index contributed by atoms with van der Waals surface area (Å²) in [7, 11) is 1.55. The Kier molecular flexibility index (Phi) is 4.25. The fourth-order valence-corrected chi connectivity index (χ4v) is 4.46. The summed E-state index contributed by atoms with van der Waals surface area (Å²) < 4.78 is 18.1. The second-order valence-electron chi connectivity index (χ2n) is 9.12. The number of hydrogen-bond donors (Lipinski definition) is 0. The van der Waals surface area contributed by atoms with Crippen molar-refractivity contribution in [1.29, 1.82) is 0 Å². The van der Waals surface area contributed by atoms with Gasteiger partial charge in [-0.1, -0.05) is 24.3 Å². The summed E-state index contributed by atoms with van der Waals surface area (Å²) >= 11 is 0. The summed E-state index contributed by atoms with van der Waals surface area (Å²) in [5, 5.41) is 0. The molecule has 31 heavy (non-hydrogen) atoms. The summed E-state index contributed by atoms with van der Waals surface area (Å²) in [6.45, 7) is 5.33. The van der Waals surface area contributed by atoms with Crippen molar-refractivity contribution in [3.8, 4) is 11.5 Å². The van der Waals surface area contributed by atoms with Crippen molar-refractivity contribution in [3.63, 3.8) is 0 Å². The molecule has 0 aromatic heterocycles. The van der Waals surface area contributed by atoms with Gasteiger partial charge < -0.3 is 14.2 Å². The third-order valence-corrected chi connectivity index (χ3v) is 6.03. The van der Waals surface area contributed by atoms with Gasteiger partial charge in [-0.25, -0.2) is 0 Å². The summed E-state index contributed by atoms with van der Waals surface area (Å²) in [5.41, 5.74) is 4.28. The fourth-order valence-electron chi connectivity index (χ4n) is 4.46. The molecule has 1 atom stereocenters. The van der Waals surface area contributed by atoms with E-state index in [1.54, 1.807) is 40.0 Å². The molecule has 0 saturated heterocycles. The lowest BCUT2D eigenvalue weighted by Crippen LogP contribution is -2.38. The smallest absolute Gasteiger partial charge is 0.316 e. The van der Waals surface area contributed by atoms with Gasteiger partial charge in [0.25, 0.3) is 5.79 Å². The molecular formula is C26H24O5. The molecule has 5 nitrogen and oxygen atoms in total. The molecule has 158 valence electrons. The number of aryl methyl sites for hydroxylation is 1. The van der Waals surface area contributed by atoms with Crippen molar-refractivity contribution in [2.75, 3.05) is 7.11 Å². The van der Waals surface area contributed by atoms with E-state index in [0.717, 1.165) is 29.5 Å². The average molecular weight is 416 g/mol. The summed E-state index contributed by atoms with van der Waals surface area (Å²) in [6.07, 6.45) is 7.08. The molecule has 5 rings (SSSR count). The van der Waals surface area contributed by atoms with E-state index in [1.165, 1.54) is 11.6 Å². The van der Waals surface area contributed by atoms with Gasteiger partial charge in [0.05, 0.1) is 16.5 Å². The Labute approximate surface area is 181 Å². The molecule has 0 unspecified atom stereocenters. The average Bonchev–Trinajstić information content (AvgIpc) is 2.86. The van der Waals surface area contributed by atoms with E-state index < -0.39 is 17.2 Å². The molecule has 0 saturated carbocycles. The predicted molar refractivity (Wildman–Crippen MR) is 116 cm³/mol. The maximum atomic E-state index is 13.1. The number of ketones is 1. The molecule has 1 heterocycles. The first-order valence-electron chi connectivity index (χ1n) is 10.5. The van der Waals surface area contributed by atoms with Crippen molar-refractivity contribution in [1.82, 2.24) is 0 Å². The highest BCUT2D eigenvalue weighted by atomic mass is 16.7. The monoisotopic (exact) mass is 416 g/mol. The Bertz CT molecular complexity index is 1200. The van der Waals surface area contributed by atoms with Crippen LogP contribution in [0, 0.1) is 5.41 Å². The Balaban J connectivity index is 1.81. The lowest BCUT2D eigenvalue weighted by atomic mass is 9.80. The van der Waals surface area contributed by atoms with Crippen molar-refractivity contribution in [3.05, 3.63) is 76.4 Å². The molecule has 2 aliphatic carbocycles. The summed E-state index contributed by atoms with van der Waals surface area (Å²) in [4.78, 5) is 25.7. The molecule has 0 amide bonds. The number of benzene rings is 2. The quantitative estimate of drug-likeness (QED) is 0.512. The zero-order valence-corrected chi connectivity index (χ0v) is 18.1. The number of hydrogen-bond acceptors (Lipinski definition) is 5. The molecule has 0 fully saturated rings. The van der Waals surface area contributed by atoms with Crippen molar-refractivity contribution in [2.24, 2.45) is 5.41 Å². The molecule has 0 bridgehead atoms. The first-order chi connectivity index (χ1) is 14.7. The molecule has 5 heteroatoms. The number of fused-ring (bicyclic) bond motifs is 1. The first-order valence-corrected chi connectivity index (χ1v) is 10.5. The number of allylic oxidation sites excluding steroid dienone is 2. The molecule has 2 aromatic rings. The van der Waals surface area contributed by atoms with E-state index in [1.807, 2.05) is 18.2 Å². The number of carbonyl (C=O) groups is 2. The third kappa shape index (κ3) is 2.87. The predicted octanol–water partition coefficient (Wildman–Crippen LogP) is 4.96. The lowest BCUT2D eigenvalue weighted by Gasteiger charge is -2.34. The third-order valence-electron chi connectivity index (χ3n) is 6.03. The van der Waals surface area contributed by atoms with Crippen LogP contribution in [0.2, 0.25) is 0 Å². The number of esters is 1. The minimum Gasteiger partial charge on any atom is -0.454 e. The van der Waals surface area contributed by atoms with Gasteiger partial charge in [-0.05, 0) is 74.6 Å². The number of carbonyl (C=O) groups excluding carboxylic acids is 2. The first kappa shape index (κ1) is 19.8. The molecule has 0 N–H and O–H groups in total. The van der Waals surface area contributed by atoms with Crippen LogP contribution in [-0.4, -0.2) is 18.9 Å². The van der Waals surface area contributed by atoms with Crippen molar-refractivity contribution >= 4 is 17.3 Å². The Hall–Kier alpha value is -3.18. The van der Waals surface area contributed by atoms with Crippen LogP contribution in [0.1, 0.15) is 59.8 Å². The molecule has 1 aliphatic heterocycles. The minimum absolute atomic E-state index is 0.223. The zero-order chi connectivity index (χ0) is 22.0. The second-order valence-corrected chi connectivity index (χ2v) is 9.12. The van der Waals surface area contributed by atoms with Crippen LogP contribution in [-0.2, 0) is 21.7 Å². The maximum Gasteiger partial charge on any atom is 0.316 e. The number of rotatable bonds is 2. The Morgan fingerprint density at radius 1 is 1.13 bits per heavy atom. The highest BCUT2D eigenvalue weighted by Gasteiger charge is 2.46. The van der Waals surface area contributed by atoms with Crippen LogP contribution in [0.3, 0.4) is 0 Å². The van der Waals surface area contributed by atoms with Crippen LogP contribution >= 0.6 is 0 Å².